The first kappa shape index (κ1) is 27.1. The smallest absolute Gasteiger partial charge is 0.229 e. The third-order valence-corrected chi connectivity index (χ3v) is 6.13. The van der Waals surface area contributed by atoms with Crippen molar-refractivity contribution >= 4 is 27.7 Å². The fraction of sp³-hybridized carbons (Fsp3) is 0.409. The molecule has 0 amide bonds. The van der Waals surface area contributed by atoms with Crippen LogP contribution in [-0.2, 0) is 29.3 Å². The number of halogens is 4. The number of sulfone groups is 1. The molecule has 2 aromatic rings. The van der Waals surface area contributed by atoms with Crippen LogP contribution in [0.1, 0.15) is 39.0 Å². The maximum atomic E-state index is 12.0. The molecule has 2 aromatic carbocycles. The predicted octanol–water partition coefficient (Wildman–Crippen LogP) is 5.28. The van der Waals surface area contributed by atoms with Crippen molar-refractivity contribution in [3.8, 4) is 0 Å². The van der Waals surface area contributed by atoms with Crippen LogP contribution < -0.4 is 0 Å². The van der Waals surface area contributed by atoms with Gasteiger partial charge in [-0.25, -0.2) is 17.2 Å². The second kappa shape index (κ2) is 12.8. The van der Waals surface area contributed by atoms with Crippen molar-refractivity contribution in [2.24, 2.45) is 0 Å². The van der Waals surface area contributed by atoms with Crippen LogP contribution in [0.5, 0.6) is 0 Å². The summed E-state index contributed by atoms with van der Waals surface area (Å²) in [5.41, 5.74) is 5.00. The van der Waals surface area contributed by atoms with Gasteiger partial charge in [0.25, 0.3) is 0 Å². The Morgan fingerprint density at radius 2 is 1.68 bits per heavy atom. The van der Waals surface area contributed by atoms with Gasteiger partial charge in [0.1, 0.15) is 6.29 Å². The molecule has 0 atom stereocenters. The van der Waals surface area contributed by atoms with Crippen LogP contribution in [-0.4, -0.2) is 46.5 Å². The number of rotatable bonds is 5. The summed E-state index contributed by atoms with van der Waals surface area (Å²) >= 11 is 6.02. The number of hydrogen-bond donors (Lipinski definition) is 0. The molecule has 0 spiro atoms. The number of aldehydes is 1. The SMILES string of the molecule is CS(=O)(=O)c1ccc(CCCF)c(C=O)c1.Cc1cc2c(cc1Cl)CN(C)C2.FCF. The Morgan fingerprint density at radius 1 is 1.10 bits per heavy atom. The number of aryl methyl sites for hydroxylation is 2. The van der Waals surface area contributed by atoms with E-state index >= 15 is 0 Å². The highest BCUT2D eigenvalue weighted by Gasteiger charge is 2.16. The van der Waals surface area contributed by atoms with Gasteiger partial charge in [0.2, 0.25) is 6.93 Å². The fourth-order valence-electron chi connectivity index (χ4n) is 3.11. The molecule has 4 nitrogen and oxygen atoms in total. The largest absolute Gasteiger partial charge is 0.298 e. The number of carbonyl (C=O) groups excluding carboxylic acids is 1. The van der Waals surface area contributed by atoms with E-state index in [0.717, 1.165) is 24.4 Å². The average Bonchev–Trinajstić information content (AvgIpc) is 3.05. The first-order valence-electron chi connectivity index (χ1n) is 9.49. The Morgan fingerprint density at radius 3 is 2.19 bits per heavy atom. The van der Waals surface area contributed by atoms with E-state index in [2.05, 4.69) is 31.0 Å². The standard InChI is InChI=1S/C11H13FO3S.C10H12ClN.CH2F2/c1-16(14,15)11-5-4-9(3-2-6-12)10(7-11)8-13;1-7-3-8-5-12(2)6-9(8)4-10(7)11;2-1-3/h4-5,7-8H,2-3,6H2,1H3;3-4H,5-6H2,1-2H3;1H2. The minimum atomic E-state index is -3.31. The van der Waals surface area contributed by atoms with Crippen LogP contribution in [0.3, 0.4) is 0 Å². The van der Waals surface area contributed by atoms with E-state index in [-0.39, 0.29) is 4.90 Å². The van der Waals surface area contributed by atoms with Gasteiger partial charge in [-0.2, -0.15) is 0 Å². The number of nitrogens with zero attached hydrogens (tertiary/aromatic N) is 1. The van der Waals surface area contributed by atoms with Gasteiger partial charge in [-0.3, -0.25) is 14.1 Å². The van der Waals surface area contributed by atoms with E-state index < -0.39 is 23.4 Å². The van der Waals surface area contributed by atoms with Gasteiger partial charge < -0.3 is 0 Å². The Hall–Kier alpha value is -1.90. The highest BCUT2D eigenvalue weighted by Crippen LogP contribution is 2.27. The molecule has 1 heterocycles. The lowest BCUT2D eigenvalue weighted by Gasteiger charge is -2.05. The molecular weight excluding hydrogens is 451 g/mol. The van der Waals surface area contributed by atoms with E-state index in [1.165, 1.54) is 28.8 Å². The van der Waals surface area contributed by atoms with Crippen molar-refractivity contribution in [2.75, 3.05) is 26.9 Å². The van der Waals surface area contributed by atoms with Crippen molar-refractivity contribution in [1.82, 2.24) is 4.90 Å². The fourth-order valence-corrected chi connectivity index (χ4v) is 3.96. The molecule has 0 N–H and O–H groups in total. The van der Waals surface area contributed by atoms with E-state index in [9.17, 15) is 26.4 Å². The Labute approximate surface area is 186 Å². The van der Waals surface area contributed by atoms with Crippen LogP contribution in [0.25, 0.3) is 0 Å². The molecule has 1 aliphatic rings. The Bertz CT molecular complexity index is 953. The van der Waals surface area contributed by atoms with Gasteiger partial charge in [-0.05, 0) is 67.3 Å². The maximum absolute atomic E-state index is 12.0. The first-order chi connectivity index (χ1) is 14.6. The quantitative estimate of drug-likeness (QED) is 0.550. The molecule has 0 aliphatic carbocycles. The van der Waals surface area contributed by atoms with Gasteiger partial charge in [0.05, 0.1) is 11.6 Å². The lowest BCUT2D eigenvalue weighted by atomic mass is 10.0. The molecule has 172 valence electrons. The molecule has 9 heteroatoms. The average molecular weight is 478 g/mol. The molecule has 0 radical (unpaired) electrons. The van der Waals surface area contributed by atoms with Crippen molar-refractivity contribution in [3.05, 3.63) is 63.2 Å². The van der Waals surface area contributed by atoms with Crippen molar-refractivity contribution in [2.45, 2.75) is 37.8 Å². The summed E-state index contributed by atoms with van der Waals surface area (Å²) in [5.74, 6) is 0. The summed E-state index contributed by atoms with van der Waals surface area (Å²) in [5, 5.41) is 0.893. The predicted molar refractivity (Wildman–Crippen MR) is 118 cm³/mol. The highest BCUT2D eigenvalue weighted by atomic mass is 35.5. The van der Waals surface area contributed by atoms with Crippen LogP contribution in [0.4, 0.5) is 13.2 Å². The molecule has 0 bridgehead atoms. The number of alkyl halides is 3. The molecule has 31 heavy (non-hydrogen) atoms. The first-order valence-corrected chi connectivity index (χ1v) is 11.8. The summed E-state index contributed by atoms with van der Waals surface area (Å²) in [6, 6.07) is 8.62. The van der Waals surface area contributed by atoms with E-state index in [1.807, 2.05) is 0 Å². The second-order valence-corrected chi connectivity index (χ2v) is 9.61. The molecule has 0 saturated heterocycles. The monoisotopic (exact) mass is 477 g/mol. The Balaban J connectivity index is 0.000000282. The lowest BCUT2D eigenvalue weighted by molar-refractivity contribution is 0.112. The number of carbonyl (C=O) groups is 1. The minimum absolute atomic E-state index is 0.110. The van der Waals surface area contributed by atoms with Crippen LogP contribution >= 0.6 is 11.6 Å². The number of benzene rings is 2. The zero-order valence-corrected chi connectivity index (χ0v) is 19.4. The van der Waals surface area contributed by atoms with Gasteiger partial charge in [0.15, 0.2) is 9.84 Å². The molecule has 1 aliphatic heterocycles. The zero-order valence-electron chi connectivity index (χ0n) is 17.8. The van der Waals surface area contributed by atoms with Gasteiger partial charge >= 0.3 is 0 Å². The summed E-state index contributed by atoms with van der Waals surface area (Å²) in [6.07, 6.45) is 2.45. The van der Waals surface area contributed by atoms with E-state index in [0.29, 0.717) is 30.3 Å². The van der Waals surface area contributed by atoms with Gasteiger partial charge in [0, 0.05) is 29.9 Å². The van der Waals surface area contributed by atoms with Gasteiger partial charge in [-0.1, -0.05) is 23.7 Å². The normalized spacial score (nSPS) is 12.9. The molecule has 3 rings (SSSR count). The van der Waals surface area contributed by atoms with Crippen LogP contribution in [0, 0.1) is 6.92 Å². The summed E-state index contributed by atoms with van der Waals surface area (Å²) < 4.78 is 53.7. The number of hydrogen-bond acceptors (Lipinski definition) is 4. The molecular formula is C22H27ClF3NO3S. The molecule has 0 fully saturated rings. The van der Waals surface area contributed by atoms with Crippen molar-refractivity contribution < 1.29 is 26.4 Å². The summed E-state index contributed by atoms with van der Waals surface area (Å²) in [4.78, 5) is 13.2. The minimum Gasteiger partial charge on any atom is -0.298 e. The zero-order chi connectivity index (χ0) is 23.6. The highest BCUT2D eigenvalue weighted by molar-refractivity contribution is 7.90. The molecule has 0 saturated carbocycles. The van der Waals surface area contributed by atoms with Crippen LogP contribution in [0.2, 0.25) is 5.02 Å². The third-order valence-electron chi connectivity index (χ3n) is 4.61. The van der Waals surface area contributed by atoms with E-state index in [4.69, 9.17) is 11.6 Å². The number of fused-ring (bicyclic) bond motifs is 1. The van der Waals surface area contributed by atoms with E-state index in [1.54, 1.807) is 6.07 Å². The molecule has 0 unspecified atom stereocenters. The van der Waals surface area contributed by atoms with Crippen molar-refractivity contribution in [3.63, 3.8) is 0 Å². The lowest BCUT2D eigenvalue weighted by Crippen LogP contribution is -2.07. The molecule has 0 aromatic heterocycles. The van der Waals surface area contributed by atoms with Crippen molar-refractivity contribution in [1.29, 1.82) is 0 Å². The summed E-state index contributed by atoms with van der Waals surface area (Å²) in [7, 11) is -1.18. The topological polar surface area (TPSA) is 54.5 Å². The second-order valence-electron chi connectivity index (χ2n) is 7.19. The third kappa shape index (κ3) is 8.63. The van der Waals surface area contributed by atoms with Crippen LogP contribution in [0.15, 0.2) is 35.2 Å². The Kier molecular flexibility index (Phi) is 11.2. The maximum Gasteiger partial charge on any atom is 0.229 e. The summed E-state index contributed by atoms with van der Waals surface area (Å²) in [6.45, 7) is 1.95. The van der Waals surface area contributed by atoms with Gasteiger partial charge in [-0.15, -0.1) is 0 Å².